The zero-order valence-corrected chi connectivity index (χ0v) is 11.8. The summed E-state index contributed by atoms with van der Waals surface area (Å²) in [5.41, 5.74) is 7.72. The van der Waals surface area contributed by atoms with Crippen LogP contribution in [0.4, 0.5) is 11.4 Å². The Balaban J connectivity index is 1.96. The number of hydrogen-bond acceptors (Lipinski definition) is 4. The smallest absolute Gasteiger partial charge is 0.0773 e. The topological polar surface area (TPSA) is 45.4 Å². The summed E-state index contributed by atoms with van der Waals surface area (Å²) in [6.45, 7) is 4.57. The Labute approximate surface area is 111 Å². The first-order valence-electron chi connectivity index (χ1n) is 6.01. The van der Waals surface area contributed by atoms with E-state index in [2.05, 4.69) is 37.8 Å². The molecule has 0 bridgehead atoms. The van der Waals surface area contributed by atoms with Crippen LogP contribution in [0.3, 0.4) is 0 Å². The first kappa shape index (κ1) is 12.6. The highest BCUT2D eigenvalue weighted by molar-refractivity contribution is 9.10. The van der Waals surface area contributed by atoms with Gasteiger partial charge in [-0.15, -0.1) is 0 Å². The van der Waals surface area contributed by atoms with Gasteiger partial charge in [0.2, 0.25) is 0 Å². The maximum atomic E-state index is 5.96. The maximum absolute atomic E-state index is 5.96. The van der Waals surface area contributed by atoms with E-state index in [4.69, 9.17) is 5.73 Å². The zero-order valence-electron chi connectivity index (χ0n) is 10.2. The number of anilines is 2. The molecule has 1 saturated heterocycles. The van der Waals surface area contributed by atoms with E-state index in [1.165, 1.54) is 25.9 Å². The summed E-state index contributed by atoms with van der Waals surface area (Å²) in [5, 5.41) is 0. The Kier molecular flexibility index (Phi) is 4.23. The minimum Gasteiger partial charge on any atom is -0.396 e. The van der Waals surface area contributed by atoms with Crippen LogP contribution in [0.15, 0.2) is 16.9 Å². The molecule has 0 atom stereocenters. The van der Waals surface area contributed by atoms with Gasteiger partial charge in [0.15, 0.2) is 0 Å². The number of likely N-dealkylation sites (N-methyl/N-ethyl adjacent to an activating group) is 1. The predicted octanol–water partition coefficient (Wildman–Crippen LogP) is 1.96. The van der Waals surface area contributed by atoms with E-state index >= 15 is 0 Å². The van der Waals surface area contributed by atoms with Crippen molar-refractivity contribution in [3.05, 3.63) is 16.9 Å². The zero-order chi connectivity index (χ0) is 12.3. The second-order valence-electron chi connectivity index (χ2n) is 4.53. The van der Waals surface area contributed by atoms with Gasteiger partial charge in [0.05, 0.1) is 22.0 Å². The molecule has 5 heteroatoms. The van der Waals surface area contributed by atoms with E-state index in [9.17, 15) is 0 Å². The van der Waals surface area contributed by atoms with Crippen LogP contribution in [-0.2, 0) is 0 Å². The van der Waals surface area contributed by atoms with Gasteiger partial charge in [-0.05, 0) is 41.9 Å². The summed E-state index contributed by atoms with van der Waals surface area (Å²) in [4.78, 5) is 8.75. The number of pyridine rings is 1. The van der Waals surface area contributed by atoms with Crippen molar-refractivity contribution in [2.24, 2.45) is 0 Å². The Bertz CT molecular complexity index is 357. The molecule has 0 radical (unpaired) electrons. The van der Waals surface area contributed by atoms with Gasteiger partial charge >= 0.3 is 0 Å². The Morgan fingerprint density at radius 2 is 2.12 bits per heavy atom. The average Bonchev–Trinajstić information content (AvgIpc) is 2.79. The molecule has 1 aliphatic rings. The molecule has 0 unspecified atom stereocenters. The number of likely N-dealkylation sites (tertiary alicyclic amines) is 1. The largest absolute Gasteiger partial charge is 0.396 e. The molecule has 1 aromatic rings. The summed E-state index contributed by atoms with van der Waals surface area (Å²) >= 11 is 3.50. The lowest BCUT2D eigenvalue weighted by molar-refractivity contribution is 0.346. The van der Waals surface area contributed by atoms with Gasteiger partial charge < -0.3 is 15.5 Å². The Hall–Kier alpha value is -0.810. The fourth-order valence-corrected chi connectivity index (χ4v) is 2.91. The van der Waals surface area contributed by atoms with Crippen molar-refractivity contribution in [1.82, 2.24) is 9.88 Å². The van der Waals surface area contributed by atoms with Crippen LogP contribution in [0.1, 0.15) is 12.8 Å². The molecule has 0 aliphatic carbocycles. The third-order valence-electron chi connectivity index (χ3n) is 3.23. The molecule has 17 heavy (non-hydrogen) atoms. The van der Waals surface area contributed by atoms with Gasteiger partial charge in [-0.2, -0.15) is 0 Å². The number of aromatic nitrogens is 1. The quantitative estimate of drug-likeness (QED) is 0.923. The standard InChI is InChI=1S/C12H19BrN4/c1-16(6-7-17-4-2-3-5-17)12-10(13)8-15-9-11(12)14/h8-9H,2-7,14H2,1H3. The van der Waals surface area contributed by atoms with Gasteiger partial charge in [-0.25, -0.2) is 0 Å². The number of halogens is 1. The van der Waals surface area contributed by atoms with Gasteiger partial charge in [-0.3, -0.25) is 4.98 Å². The molecule has 0 amide bonds. The third-order valence-corrected chi connectivity index (χ3v) is 3.81. The van der Waals surface area contributed by atoms with Crippen molar-refractivity contribution in [2.75, 3.05) is 43.9 Å². The van der Waals surface area contributed by atoms with Gasteiger partial charge in [0, 0.05) is 26.3 Å². The van der Waals surface area contributed by atoms with Crippen LogP contribution in [-0.4, -0.2) is 43.1 Å². The van der Waals surface area contributed by atoms with Crippen LogP contribution in [0.2, 0.25) is 0 Å². The minimum atomic E-state index is 0.725. The maximum Gasteiger partial charge on any atom is 0.0773 e. The van der Waals surface area contributed by atoms with Crippen molar-refractivity contribution in [2.45, 2.75) is 12.8 Å². The van der Waals surface area contributed by atoms with Crippen molar-refractivity contribution in [1.29, 1.82) is 0 Å². The van der Waals surface area contributed by atoms with E-state index < -0.39 is 0 Å². The van der Waals surface area contributed by atoms with Gasteiger partial charge in [-0.1, -0.05) is 0 Å². The van der Waals surface area contributed by atoms with Crippen LogP contribution >= 0.6 is 15.9 Å². The fraction of sp³-hybridized carbons (Fsp3) is 0.583. The van der Waals surface area contributed by atoms with Crippen LogP contribution in [0.5, 0.6) is 0 Å². The highest BCUT2D eigenvalue weighted by atomic mass is 79.9. The van der Waals surface area contributed by atoms with Crippen LogP contribution < -0.4 is 10.6 Å². The van der Waals surface area contributed by atoms with Crippen molar-refractivity contribution in [3.8, 4) is 0 Å². The molecule has 4 nitrogen and oxygen atoms in total. The second-order valence-corrected chi connectivity index (χ2v) is 5.38. The van der Waals surface area contributed by atoms with E-state index in [0.717, 1.165) is 28.9 Å². The van der Waals surface area contributed by atoms with Gasteiger partial charge in [0.25, 0.3) is 0 Å². The highest BCUT2D eigenvalue weighted by Crippen LogP contribution is 2.30. The minimum absolute atomic E-state index is 0.725. The molecule has 94 valence electrons. The van der Waals surface area contributed by atoms with Crippen molar-refractivity contribution < 1.29 is 0 Å². The highest BCUT2D eigenvalue weighted by Gasteiger charge is 2.14. The number of rotatable bonds is 4. The first-order chi connectivity index (χ1) is 8.18. The molecule has 0 saturated carbocycles. The molecule has 1 aromatic heterocycles. The molecule has 0 aromatic carbocycles. The van der Waals surface area contributed by atoms with E-state index in [1.807, 2.05) is 0 Å². The van der Waals surface area contributed by atoms with E-state index in [0.29, 0.717) is 0 Å². The fourth-order valence-electron chi connectivity index (χ4n) is 2.26. The molecule has 1 fully saturated rings. The first-order valence-corrected chi connectivity index (χ1v) is 6.80. The van der Waals surface area contributed by atoms with Crippen LogP contribution in [0, 0.1) is 0 Å². The predicted molar refractivity (Wildman–Crippen MR) is 75.3 cm³/mol. The van der Waals surface area contributed by atoms with Crippen molar-refractivity contribution in [3.63, 3.8) is 0 Å². The SMILES string of the molecule is CN(CCN1CCCC1)c1c(N)cncc1Br. The lowest BCUT2D eigenvalue weighted by Crippen LogP contribution is -2.31. The molecule has 1 aliphatic heterocycles. The summed E-state index contributed by atoms with van der Waals surface area (Å²) in [6, 6.07) is 0. The molecule has 2 heterocycles. The molecular formula is C12H19BrN4. The number of nitrogens with zero attached hydrogens (tertiary/aromatic N) is 3. The molecular weight excluding hydrogens is 280 g/mol. The van der Waals surface area contributed by atoms with E-state index in [-0.39, 0.29) is 0 Å². The summed E-state index contributed by atoms with van der Waals surface area (Å²) in [6.07, 6.45) is 6.17. The number of hydrogen-bond donors (Lipinski definition) is 1. The summed E-state index contributed by atoms with van der Waals surface area (Å²) in [7, 11) is 2.08. The number of nitrogens with two attached hydrogens (primary N) is 1. The lowest BCUT2D eigenvalue weighted by atomic mass is 10.3. The molecule has 0 spiro atoms. The third kappa shape index (κ3) is 3.10. The van der Waals surface area contributed by atoms with E-state index in [1.54, 1.807) is 12.4 Å². The van der Waals surface area contributed by atoms with Crippen LogP contribution in [0.25, 0.3) is 0 Å². The Morgan fingerprint density at radius 1 is 1.41 bits per heavy atom. The normalized spacial score (nSPS) is 16.4. The number of nitrogen functional groups attached to an aromatic ring is 1. The summed E-state index contributed by atoms with van der Waals surface area (Å²) < 4.78 is 0.960. The Morgan fingerprint density at radius 3 is 2.76 bits per heavy atom. The summed E-state index contributed by atoms with van der Waals surface area (Å²) in [5.74, 6) is 0. The molecule has 2 N–H and O–H groups in total. The van der Waals surface area contributed by atoms with Gasteiger partial charge in [0.1, 0.15) is 0 Å². The van der Waals surface area contributed by atoms with Crippen molar-refractivity contribution >= 4 is 27.3 Å². The lowest BCUT2D eigenvalue weighted by Gasteiger charge is -2.25. The average molecular weight is 299 g/mol. The second kappa shape index (κ2) is 5.69. The molecule has 2 rings (SSSR count). The monoisotopic (exact) mass is 298 g/mol.